The maximum atomic E-state index is 12.8. The van der Waals surface area contributed by atoms with E-state index in [0.717, 1.165) is 0 Å². The van der Waals surface area contributed by atoms with E-state index in [2.05, 4.69) is 0 Å². The van der Waals surface area contributed by atoms with Gasteiger partial charge < -0.3 is 14.1 Å². The second kappa shape index (κ2) is 6.78. The molecule has 0 saturated heterocycles. The van der Waals surface area contributed by atoms with Gasteiger partial charge in [-0.15, -0.1) is 0 Å². The maximum absolute atomic E-state index is 12.8. The minimum absolute atomic E-state index is 0.0358. The number of methoxy groups -OCH3 is 1. The van der Waals surface area contributed by atoms with Crippen molar-refractivity contribution in [3.8, 4) is 0 Å². The highest BCUT2D eigenvalue weighted by Crippen LogP contribution is 2.38. The lowest BCUT2D eigenvalue weighted by Crippen LogP contribution is -2.18. The van der Waals surface area contributed by atoms with Crippen molar-refractivity contribution in [3.05, 3.63) is 69.4 Å². The summed E-state index contributed by atoms with van der Waals surface area (Å²) in [6.07, 6.45) is 3.06. The van der Waals surface area contributed by atoms with Gasteiger partial charge >= 0.3 is 5.97 Å². The van der Waals surface area contributed by atoms with Gasteiger partial charge in [-0.05, 0) is 37.3 Å². The largest absolute Gasteiger partial charge is 0.465 e. The molecule has 5 nitrogen and oxygen atoms in total. The van der Waals surface area contributed by atoms with Crippen molar-refractivity contribution in [2.24, 2.45) is 0 Å². The molecule has 0 amide bonds. The summed E-state index contributed by atoms with van der Waals surface area (Å²) >= 11 is 12.1. The maximum Gasteiger partial charge on any atom is 0.343 e. The van der Waals surface area contributed by atoms with Crippen molar-refractivity contribution in [2.45, 2.75) is 6.92 Å². The molecule has 1 aromatic heterocycles. The van der Waals surface area contributed by atoms with E-state index in [0.29, 0.717) is 27.2 Å². The first-order valence-electron chi connectivity index (χ1n) is 7.28. The average Bonchev–Trinajstić information content (AvgIpc) is 3.17. The van der Waals surface area contributed by atoms with E-state index in [1.54, 1.807) is 48.2 Å². The number of anilines is 1. The van der Waals surface area contributed by atoms with Crippen molar-refractivity contribution in [1.29, 1.82) is 0 Å². The van der Waals surface area contributed by atoms with Gasteiger partial charge in [-0.1, -0.05) is 23.2 Å². The summed E-state index contributed by atoms with van der Waals surface area (Å²) in [6, 6.07) is 8.37. The summed E-state index contributed by atoms with van der Waals surface area (Å²) in [4.78, 5) is 26.5. The van der Waals surface area contributed by atoms with E-state index in [1.165, 1.54) is 13.4 Å². The van der Waals surface area contributed by atoms with E-state index >= 15 is 0 Å². The Morgan fingerprint density at radius 1 is 1.24 bits per heavy atom. The zero-order valence-corrected chi connectivity index (χ0v) is 14.9. The minimum atomic E-state index is -0.699. The van der Waals surface area contributed by atoms with Crippen LogP contribution in [0.4, 0.5) is 5.69 Å². The number of ether oxygens (including phenoxy) is 1. The van der Waals surface area contributed by atoms with E-state index in [1.807, 2.05) is 0 Å². The van der Waals surface area contributed by atoms with Crippen molar-refractivity contribution >= 4 is 46.7 Å². The van der Waals surface area contributed by atoms with Gasteiger partial charge in [-0.2, -0.15) is 0 Å². The van der Waals surface area contributed by atoms with Gasteiger partial charge in [0.05, 0.1) is 29.1 Å². The van der Waals surface area contributed by atoms with Crippen LogP contribution < -0.4 is 4.90 Å². The number of allylic oxidation sites excluding steroid dienone is 2. The van der Waals surface area contributed by atoms with Crippen LogP contribution in [0.2, 0.25) is 10.0 Å². The number of halogens is 2. The van der Waals surface area contributed by atoms with Gasteiger partial charge in [0.2, 0.25) is 5.78 Å². The predicted molar refractivity (Wildman–Crippen MR) is 95.3 cm³/mol. The molecule has 0 saturated carbocycles. The Labute approximate surface area is 154 Å². The highest BCUT2D eigenvalue weighted by molar-refractivity contribution is 6.42. The summed E-state index contributed by atoms with van der Waals surface area (Å²) in [7, 11) is 1.23. The zero-order valence-electron chi connectivity index (χ0n) is 13.4. The summed E-state index contributed by atoms with van der Waals surface area (Å²) in [5.41, 5.74) is 1.25. The third kappa shape index (κ3) is 3.08. The molecular formula is C18H13Cl2NO4. The van der Waals surface area contributed by atoms with Gasteiger partial charge in [-0.3, -0.25) is 4.79 Å². The molecule has 25 heavy (non-hydrogen) atoms. The van der Waals surface area contributed by atoms with Gasteiger partial charge in [0.15, 0.2) is 0 Å². The Bertz CT molecular complexity index is 913. The Hall–Kier alpha value is -2.50. The third-order valence-electron chi connectivity index (χ3n) is 3.77. The number of furan rings is 1. The van der Waals surface area contributed by atoms with Crippen molar-refractivity contribution < 1.29 is 18.7 Å². The van der Waals surface area contributed by atoms with Crippen LogP contribution in [0.3, 0.4) is 0 Å². The molecule has 2 heterocycles. The smallest absolute Gasteiger partial charge is 0.343 e. The molecular weight excluding hydrogens is 365 g/mol. The molecule has 0 aliphatic carbocycles. The number of benzene rings is 1. The van der Waals surface area contributed by atoms with Crippen molar-refractivity contribution in [2.75, 3.05) is 12.0 Å². The first-order valence-corrected chi connectivity index (χ1v) is 8.04. The van der Waals surface area contributed by atoms with E-state index in [4.69, 9.17) is 32.4 Å². The third-order valence-corrected chi connectivity index (χ3v) is 4.51. The molecule has 0 bridgehead atoms. The molecule has 2 aromatic rings. The fourth-order valence-corrected chi connectivity index (χ4v) is 2.92. The summed E-state index contributed by atoms with van der Waals surface area (Å²) in [6.45, 7) is 1.66. The lowest BCUT2D eigenvalue weighted by atomic mass is 10.1. The van der Waals surface area contributed by atoms with Crippen molar-refractivity contribution in [3.63, 3.8) is 0 Å². The SMILES string of the molecule is COC(=O)C1=C(C)N(c2ccc(Cl)c(Cl)c2)C(=Cc2ccco2)C1=O. The molecule has 0 fully saturated rings. The number of rotatable bonds is 3. The van der Waals surface area contributed by atoms with E-state index in [-0.39, 0.29) is 11.3 Å². The molecule has 0 radical (unpaired) electrons. The van der Waals surface area contributed by atoms with Crippen LogP contribution in [-0.2, 0) is 14.3 Å². The monoisotopic (exact) mass is 377 g/mol. The number of ketones is 1. The standard InChI is InChI=1S/C18H13Cl2NO4/c1-10-16(18(23)24-2)17(22)15(9-12-4-3-7-25-12)21(10)11-5-6-13(19)14(20)8-11/h3-9H,1-2H3. The fourth-order valence-electron chi connectivity index (χ4n) is 2.62. The van der Waals surface area contributed by atoms with Crippen LogP contribution in [0.15, 0.2) is 58.0 Å². The summed E-state index contributed by atoms with van der Waals surface area (Å²) in [5.74, 6) is -0.672. The first-order chi connectivity index (χ1) is 11.9. The average molecular weight is 378 g/mol. The Kier molecular flexibility index (Phi) is 4.70. The molecule has 0 spiro atoms. The summed E-state index contributed by atoms with van der Waals surface area (Å²) < 4.78 is 10.0. The van der Waals surface area contributed by atoms with Gasteiger partial charge in [0, 0.05) is 17.5 Å². The number of Topliss-reactive ketones (excluding diaryl/α,β-unsaturated/α-hetero) is 1. The second-order valence-corrected chi connectivity index (χ2v) is 6.07. The Morgan fingerprint density at radius 3 is 2.60 bits per heavy atom. The van der Waals surface area contributed by atoms with Gasteiger partial charge in [0.1, 0.15) is 11.3 Å². The molecule has 0 atom stereocenters. The Balaban J connectivity index is 2.18. The quantitative estimate of drug-likeness (QED) is 0.448. The number of hydrogen-bond acceptors (Lipinski definition) is 5. The van der Waals surface area contributed by atoms with Crippen LogP contribution in [0, 0.1) is 0 Å². The molecule has 0 N–H and O–H groups in total. The van der Waals surface area contributed by atoms with Gasteiger partial charge in [0.25, 0.3) is 0 Å². The lowest BCUT2D eigenvalue weighted by Gasteiger charge is -2.21. The van der Waals surface area contributed by atoms with Crippen LogP contribution in [0.5, 0.6) is 0 Å². The molecule has 128 valence electrons. The normalized spacial score (nSPS) is 16.1. The van der Waals surface area contributed by atoms with Crippen LogP contribution in [0.1, 0.15) is 12.7 Å². The number of carbonyl (C=O) groups is 2. The highest BCUT2D eigenvalue weighted by Gasteiger charge is 2.38. The van der Waals surface area contributed by atoms with Crippen LogP contribution in [-0.4, -0.2) is 18.9 Å². The fraction of sp³-hybridized carbons (Fsp3) is 0.111. The number of esters is 1. The van der Waals surface area contributed by atoms with Gasteiger partial charge in [-0.25, -0.2) is 4.79 Å². The predicted octanol–water partition coefficient (Wildman–Crippen LogP) is 4.46. The lowest BCUT2D eigenvalue weighted by molar-refractivity contribution is -0.137. The minimum Gasteiger partial charge on any atom is -0.465 e. The summed E-state index contributed by atoms with van der Waals surface area (Å²) in [5, 5.41) is 0.727. The van der Waals surface area contributed by atoms with E-state index < -0.39 is 11.8 Å². The number of nitrogens with zero attached hydrogens (tertiary/aromatic N) is 1. The Morgan fingerprint density at radius 2 is 2.00 bits per heavy atom. The number of carbonyl (C=O) groups excluding carboxylic acids is 2. The van der Waals surface area contributed by atoms with Crippen LogP contribution in [0.25, 0.3) is 6.08 Å². The second-order valence-electron chi connectivity index (χ2n) is 5.26. The molecule has 3 rings (SSSR count). The van der Waals surface area contributed by atoms with Crippen LogP contribution >= 0.6 is 23.2 Å². The van der Waals surface area contributed by atoms with Crippen molar-refractivity contribution in [1.82, 2.24) is 0 Å². The molecule has 1 aromatic carbocycles. The molecule has 0 unspecified atom stereocenters. The topological polar surface area (TPSA) is 59.8 Å². The molecule has 1 aliphatic rings. The molecule has 7 heteroatoms. The molecule has 1 aliphatic heterocycles. The highest BCUT2D eigenvalue weighted by atomic mass is 35.5. The first kappa shape index (κ1) is 17.3. The van der Waals surface area contributed by atoms with E-state index in [9.17, 15) is 9.59 Å². The zero-order chi connectivity index (χ0) is 18.1. The number of hydrogen-bond donors (Lipinski definition) is 0.